The van der Waals surface area contributed by atoms with Gasteiger partial charge in [0.2, 0.25) is 0 Å². The van der Waals surface area contributed by atoms with E-state index in [-0.39, 0.29) is 11.9 Å². The van der Waals surface area contributed by atoms with Crippen LogP contribution in [0.2, 0.25) is 0 Å². The van der Waals surface area contributed by atoms with Gasteiger partial charge < -0.3 is 14.9 Å². The zero-order valence-electron chi connectivity index (χ0n) is 13.2. The highest BCUT2D eigenvalue weighted by atomic mass is 16.5. The normalized spacial score (nSPS) is 12.5. The molecule has 2 N–H and O–H groups in total. The van der Waals surface area contributed by atoms with Crippen molar-refractivity contribution in [3.05, 3.63) is 71.8 Å². The molecule has 3 aromatic carbocycles. The van der Waals surface area contributed by atoms with E-state index in [9.17, 15) is 10.2 Å². The fourth-order valence-corrected chi connectivity index (χ4v) is 2.66. The van der Waals surface area contributed by atoms with Crippen molar-refractivity contribution < 1.29 is 14.9 Å². The first kappa shape index (κ1) is 15.4. The van der Waals surface area contributed by atoms with Crippen LogP contribution >= 0.6 is 0 Å². The third-order valence-electron chi connectivity index (χ3n) is 3.76. The first-order chi connectivity index (χ1) is 11.0. The Balaban J connectivity index is 1.93. The minimum Gasteiger partial charge on any atom is -0.507 e. The standard InChI is InChI=1S/C20H20O3/c1-13(2)23-17-9-10-18(19(21)12-17)20(22)16-8-7-14-5-3-4-6-15(14)11-16/h3-13,20-22H,1-2H3/t20-/m1/s1. The number of aromatic hydroxyl groups is 1. The van der Waals surface area contributed by atoms with Crippen LogP contribution in [0.5, 0.6) is 11.5 Å². The van der Waals surface area contributed by atoms with Crippen molar-refractivity contribution in [1.82, 2.24) is 0 Å². The molecule has 0 unspecified atom stereocenters. The number of benzene rings is 3. The van der Waals surface area contributed by atoms with Crippen LogP contribution in [0.15, 0.2) is 60.7 Å². The molecule has 0 fully saturated rings. The lowest BCUT2D eigenvalue weighted by atomic mass is 9.98. The van der Waals surface area contributed by atoms with Crippen LogP contribution in [-0.4, -0.2) is 16.3 Å². The average Bonchev–Trinajstić information content (AvgIpc) is 2.53. The van der Waals surface area contributed by atoms with Gasteiger partial charge in [-0.3, -0.25) is 0 Å². The summed E-state index contributed by atoms with van der Waals surface area (Å²) in [5.74, 6) is 0.621. The van der Waals surface area contributed by atoms with Crippen molar-refractivity contribution in [3.8, 4) is 11.5 Å². The van der Waals surface area contributed by atoms with Gasteiger partial charge in [-0.05, 0) is 48.4 Å². The summed E-state index contributed by atoms with van der Waals surface area (Å²) in [7, 11) is 0. The Morgan fingerprint density at radius 2 is 1.61 bits per heavy atom. The van der Waals surface area contributed by atoms with Gasteiger partial charge in [0.15, 0.2) is 0 Å². The molecule has 0 radical (unpaired) electrons. The molecule has 3 heteroatoms. The molecule has 118 valence electrons. The summed E-state index contributed by atoms with van der Waals surface area (Å²) in [6.07, 6.45) is -0.849. The van der Waals surface area contributed by atoms with E-state index in [4.69, 9.17) is 4.74 Å². The number of aliphatic hydroxyl groups is 1. The molecule has 3 rings (SSSR count). The van der Waals surface area contributed by atoms with E-state index in [2.05, 4.69) is 0 Å². The van der Waals surface area contributed by atoms with E-state index in [1.807, 2.05) is 56.3 Å². The highest BCUT2D eigenvalue weighted by molar-refractivity contribution is 5.83. The van der Waals surface area contributed by atoms with Gasteiger partial charge in [0.25, 0.3) is 0 Å². The lowest BCUT2D eigenvalue weighted by Crippen LogP contribution is -2.06. The van der Waals surface area contributed by atoms with Gasteiger partial charge in [-0.2, -0.15) is 0 Å². The van der Waals surface area contributed by atoms with Crippen molar-refractivity contribution in [2.24, 2.45) is 0 Å². The molecule has 0 saturated carbocycles. The summed E-state index contributed by atoms with van der Waals surface area (Å²) >= 11 is 0. The summed E-state index contributed by atoms with van der Waals surface area (Å²) in [6, 6.07) is 18.8. The Hall–Kier alpha value is -2.52. The van der Waals surface area contributed by atoms with Gasteiger partial charge >= 0.3 is 0 Å². The summed E-state index contributed by atoms with van der Waals surface area (Å²) in [6.45, 7) is 3.85. The van der Waals surface area contributed by atoms with Gasteiger partial charge in [-0.25, -0.2) is 0 Å². The van der Waals surface area contributed by atoms with Crippen LogP contribution in [0, 0.1) is 0 Å². The molecule has 23 heavy (non-hydrogen) atoms. The Labute approximate surface area is 135 Å². The van der Waals surface area contributed by atoms with Gasteiger partial charge in [0.05, 0.1) is 6.10 Å². The van der Waals surface area contributed by atoms with E-state index in [1.54, 1.807) is 18.2 Å². The summed E-state index contributed by atoms with van der Waals surface area (Å²) in [5, 5.41) is 23.0. The minimum absolute atomic E-state index is 0.0313. The second-order valence-electron chi connectivity index (χ2n) is 5.90. The molecule has 0 saturated heterocycles. The molecular formula is C20H20O3. The molecular weight excluding hydrogens is 288 g/mol. The number of aliphatic hydroxyl groups excluding tert-OH is 1. The third kappa shape index (κ3) is 3.30. The van der Waals surface area contributed by atoms with Crippen molar-refractivity contribution >= 4 is 10.8 Å². The SMILES string of the molecule is CC(C)Oc1ccc([C@H](O)c2ccc3ccccc3c2)c(O)c1. The van der Waals surface area contributed by atoms with Crippen LogP contribution in [0.4, 0.5) is 0 Å². The number of hydrogen-bond donors (Lipinski definition) is 2. The predicted octanol–water partition coefficient (Wildman–Crippen LogP) is 4.41. The van der Waals surface area contributed by atoms with Crippen LogP contribution < -0.4 is 4.74 Å². The number of rotatable bonds is 4. The molecule has 0 aliphatic rings. The second-order valence-corrected chi connectivity index (χ2v) is 5.90. The van der Waals surface area contributed by atoms with Crippen LogP contribution in [0.3, 0.4) is 0 Å². The largest absolute Gasteiger partial charge is 0.507 e. The van der Waals surface area contributed by atoms with E-state index >= 15 is 0 Å². The molecule has 1 atom stereocenters. The number of phenols is 1. The van der Waals surface area contributed by atoms with Crippen LogP contribution in [-0.2, 0) is 0 Å². The molecule has 0 bridgehead atoms. The lowest BCUT2D eigenvalue weighted by molar-refractivity contribution is 0.214. The number of hydrogen-bond acceptors (Lipinski definition) is 3. The van der Waals surface area contributed by atoms with Crippen LogP contribution in [0.1, 0.15) is 31.1 Å². The molecule has 0 aliphatic heterocycles. The van der Waals surface area contributed by atoms with Crippen molar-refractivity contribution in [2.75, 3.05) is 0 Å². The summed E-state index contributed by atoms with van der Waals surface area (Å²) in [4.78, 5) is 0. The maximum absolute atomic E-state index is 10.6. The van der Waals surface area contributed by atoms with Crippen molar-refractivity contribution in [2.45, 2.75) is 26.1 Å². The Kier molecular flexibility index (Phi) is 4.22. The monoisotopic (exact) mass is 308 g/mol. The zero-order valence-corrected chi connectivity index (χ0v) is 13.2. The van der Waals surface area contributed by atoms with Crippen molar-refractivity contribution in [3.63, 3.8) is 0 Å². The molecule has 3 aromatic rings. The van der Waals surface area contributed by atoms with E-state index in [0.29, 0.717) is 11.3 Å². The maximum Gasteiger partial charge on any atom is 0.125 e. The Morgan fingerprint density at radius 3 is 2.30 bits per heavy atom. The predicted molar refractivity (Wildman–Crippen MR) is 91.9 cm³/mol. The van der Waals surface area contributed by atoms with Gasteiger partial charge in [-0.1, -0.05) is 36.4 Å². The highest BCUT2D eigenvalue weighted by Crippen LogP contribution is 2.33. The fourth-order valence-electron chi connectivity index (χ4n) is 2.66. The smallest absolute Gasteiger partial charge is 0.125 e. The van der Waals surface area contributed by atoms with Crippen LogP contribution in [0.25, 0.3) is 10.8 Å². The Morgan fingerprint density at radius 1 is 0.870 bits per heavy atom. The molecule has 0 aromatic heterocycles. The summed E-state index contributed by atoms with van der Waals surface area (Å²) < 4.78 is 5.55. The molecule has 0 spiro atoms. The maximum atomic E-state index is 10.6. The first-order valence-electron chi connectivity index (χ1n) is 7.71. The van der Waals surface area contributed by atoms with Gasteiger partial charge in [0.1, 0.15) is 17.6 Å². The van der Waals surface area contributed by atoms with Gasteiger partial charge in [-0.15, -0.1) is 0 Å². The quantitative estimate of drug-likeness (QED) is 0.750. The second kappa shape index (κ2) is 6.31. The average molecular weight is 308 g/mol. The van der Waals surface area contributed by atoms with E-state index in [1.165, 1.54) is 0 Å². The van der Waals surface area contributed by atoms with Crippen molar-refractivity contribution in [1.29, 1.82) is 0 Å². The number of phenolic OH excluding ortho intramolecular Hbond substituents is 1. The molecule has 0 heterocycles. The minimum atomic E-state index is -0.882. The highest BCUT2D eigenvalue weighted by Gasteiger charge is 2.16. The lowest BCUT2D eigenvalue weighted by Gasteiger charge is -2.16. The fraction of sp³-hybridized carbons (Fsp3) is 0.200. The van der Waals surface area contributed by atoms with E-state index in [0.717, 1.165) is 16.3 Å². The Bertz CT molecular complexity index is 824. The van der Waals surface area contributed by atoms with Gasteiger partial charge in [0, 0.05) is 11.6 Å². The molecule has 3 nitrogen and oxygen atoms in total. The number of ether oxygens (including phenoxy) is 1. The summed E-state index contributed by atoms with van der Waals surface area (Å²) in [5.41, 5.74) is 1.22. The number of fused-ring (bicyclic) bond motifs is 1. The third-order valence-corrected chi connectivity index (χ3v) is 3.76. The first-order valence-corrected chi connectivity index (χ1v) is 7.71. The molecule has 0 aliphatic carbocycles. The molecule has 0 amide bonds. The van der Waals surface area contributed by atoms with E-state index < -0.39 is 6.10 Å². The topological polar surface area (TPSA) is 49.7 Å². The zero-order chi connectivity index (χ0) is 16.4.